The molecule has 0 amide bonds. The summed E-state index contributed by atoms with van der Waals surface area (Å²) in [6.45, 7) is 3.35. The number of sulfonamides is 1. The number of nitrogens with zero attached hydrogens (tertiary/aromatic N) is 1. The summed E-state index contributed by atoms with van der Waals surface area (Å²) < 4.78 is 21.8. The predicted octanol–water partition coefficient (Wildman–Crippen LogP) is 0.801. The smallest absolute Gasteiger partial charge is 0.218 e. The van der Waals surface area contributed by atoms with Crippen molar-refractivity contribution in [3.63, 3.8) is 0 Å². The molecule has 0 saturated carbocycles. The Morgan fingerprint density at radius 3 is 2.58 bits per heavy atom. The topological polar surface area (TPSA) is 73.1 Å². The molecule has 12 heavy (non-hydrogen) atoms. The first kappa shape index (κ1) is 9.63. The number of hydrogen-bond acceptors (Lipinski definition) is 4. The van der Waals surface area contributed by atoms with E-state index >= 15 is 0 Å². The third-order valence-corrected chi connectivity index (χ3v) is 3.98. The van der Waals surface area contributed by atoms with Gasteiger partial charge >= 0.3 is 0 Å². The maximum absolute atomic E-state index is 10.9. The molecule has 68 valence electrons. The molecule has 4 nitrogen and oxygen atoms in total. The van der Waals surface area contributed by atoms with Crippen LogP contribution in [0.2, 0.25) is 0 Å². The highest BCUT2D eigenvalue weighted by Gasteiger charge is 2.20. The van der Waals surface area contributed by atoms with Gasteiger partial charge in [-0.25, -0.2) is 18.5 Å². The van der Waals surface area contributed by atoms with E-state index in [0.717, 1.165) is 5.69 Å². The van der Waals surface area contributed by atoms with Crippen LogP contribution < -0.4 is 5.14 Å². The van der Waals surface area contributed by atoms with Gasteiger partial charge in [-0.3, -0.25) is 0 Å². The van der Waals surface area contributed by atoms with Crippen LogP contribution in [0, 0.1) is 6.92 Å². The predicted molar refractivity (Wildman–Crippen MR) is 48.4 cm³/mol. The quantitative estimate of drug-likeness (QED) is 0.778. The van der Waals surface area contributed by atoms with Crippen molar-refractivity contribution in [1.82, 2.24) is 4.98 Å². The van der Waals surface area contributed by atoms with Gasteiger partial charge in [-0.1, -0.05) is 0 Å². The zero-order chi connectivity index (χ0) is 9.35. The van der Waals surface area contributed by atoms with E-state index in [0.29, 0.717) is 5.01 Å². The molecule has 0 aliphatic rings. The van der Waals surface area contributed by atoms with Crippen molar-refractivity contribution in [1.29, 1.82) is 0 Å². The molecular weight excluding hydrogens is 196 g/mol. The minimum absolute atomic E-state index is 0.551. The third kappa shape index (κ3) is 2.02. The Morgan fingerprint density at radius 1 is 1.67 bits per heavy atom. The zero-order valence-corrected chi connectivity index (χ0v) is 8.45. The Morgan fingerprint density at radius 2 is 2.25 bits per heavy atom. The second-order valence-electron chi connectivity index (χ2n) is 2.56. The molecule has 0 radical (unpaired) electrons. The van der Waals surface area contributed by atoms with Crippen LogP contribution in [-0.2, 0) is 10.0 Å². The number of aryl methyl sites for hydroxylation is 1. The van der Waals surface area contributed by atoms with Crippen molar-refractivity contribution < 1.29 is 8.42 Å². The lowest BCUT2D eigenvalue weighted by molar-refractivity contribution is 0.587. The van der Waals surface area contributed by atoms with E-state index in [1.54, 1.807) is 5.38 Å². The first-order valence-electron chi connectivity index (χ1n) is 3.35. The van der Waals surface area contributed by atoms with Gasteiger partial charge in [0.2, 0.25) is 10.0 Å². The minimum Gasteiger partial charge on any atom is -0.245 e. The van der Waals surface area contributed by atoms with Gasteiger partial charge < -0.3 is 0 Å². The fourth-order valence-electron chi connectivity index (χ4n) is 0.699. The van der Waals surface area contributed by atoms with Crippen LogP contribution in [0.15, 0.2) is 5.38 Å². The van der Waals surface area contributed by atoms with Crippen LogP contribution in [0.1, 0.15) is 22.9 Å². The Labute approximate surface area is 75.5 Å². The lowest BCUT2D eigenvalue weighted by atomic mass is 10.5. The Hall–Kier alpha value is -0.460. The van der Waals surface area contributed by atoms with Crippen LogP contribution in [0.3, 0.4) is 0 Å². The van der Waals surface area contributed by atoms with E-state index in [9.17, 15) is 8.42 Å². The van der Waals surface area contributed by atoms with Gasteiger partial charge in [0.05, 0.1) is 0 Å². The first-order valence-corrected chi connectivity index (χ1v) is 5.84. The molecule has 0 spiro atoms. The fourth-order valence-corrected chi connectivity index (χ4v) is 2.33. The van der Waals surface area contributed by atoms with Crippen LogP contribution >= 0.6 is 11.3 Å². The summed E-state index contributed by atoms with van der Waals surface area (Å²) in [5.74, 6) is 0. The van der Waals surface area contributed by atoms with E-state index in [-0.39, 0.29) is 0 Å². The normalized spacial score (nSPS) is 14.6. The molecule has 2 N–H and O–H groups in total. The molecule has 1 atom stereocenters. The van der Waals surface area contributed by atoms with Gasteiger partial charge in [0.25, 0.3) is 0 Å². The SMILES string of the molecule is Cc1csc(C(C)S(N)(=O)=O)n1. The Kier molecular flexibility index (Phi) is 2.50. The fraction of sp³-hybridized carbons (Fsp3) is 0.500. The van der Waals surface area contributed by atoms with E-state index in [1.807, 2.05) is 6.92 Å². The highest BCUT2D eigenvalue weighted by atomic mass is 32.2. The molecule has 0 aromatic carbocycles. The molecule has 6 heteroatoms. The van der Waals surface area contributed by atoms with Crippen LogP contribution in [-0.4, -0.2) is 13.4 Å². The third-order valence-electron chi connectivity index (χ3n) is 1.48. The molecule has 1 aromatic heterocycles. The lowest BCUT2D eigenvalue weighted by Gasteiger charge is -2.03. The number of hydrogen-bond donors (Lipinski definition) is 1. The standard InChI is InChI=1S/C6H10N2O2S2/c1-4-3-11-6(8-4)5(2)12(7,9)10/h3,5H,1-2H3,(H2,7,9,10). The molecule has 0 aliphatic heterocycles. The summed E-state index contributed by atoms with van der Waals surface area (Å²) >= 11 is 1.31. The summed E-state index contributed by atoms with van der Waals surface area (Å²) in [6, 6.07) is 0. The molecule has 1 aromatic rings. The summed E-state index contributed by atoms with van der Waals surface area (Å²) in [4.78, 5) is 4.04. The van der Waals surface area contributed by atoms with Crippen molar-refractivity contribution in [3.8, 4) is 0 Å². The number of primary sulfonamides is 1. The molecule has 0 fully saturated rings. The summed E-state index contributed by atoms with van der Waals surface area (Å²) in [5, 5.41) is 6.61. The minimum atomic E-state index is -3.49. The number of rotatable bonds is 2. The molecule has 0 bridgehead atoms. The average Bonchev–Trinajstić information content (AvgIpc) is 2.32. The van der Waals surface area contributed by atoms with Crippen molar-refractivity contribution in [2.24, 2.45) is 5.14 Å². The second kappa shape index (κ2) is 3.12. The van der Waals surface area contributed by atoms with Crippen LogP contribution in [0.5, 0.6) is 0 Å². The highest BCUT2D eigenvalue weighted by Crippen LogP contribution is 2.22. The van der Waals surface area contributed by atoms with Crippen LogP contribution in [0.25, 0.3) is 0 Å². The molecular formula is C6H10N2O2S2. The zero-order valence-electron chi connectivity index (χ0n) is 6.81. The molecule has 1 unspecified atom stereocenters. The van der Waals surface area contributed by atoms with Crippen molar-refractivity contribution in [3.05, 3.63) is 16.1 Å². The summed E-state index contributed by atoms with van der Waals surface area (Å²) in [5.41, 5.74) is 0.825. The Balaban J connectivity index is 3.01. The van der Waals surface area contributed by atoms with Crippen LogP contribution in [0.4, 0.5) is 0 Å². The van der Waals surface area contributed by atoms with Gasteiger partial charge in [0.15, 0.2) is 0 Å². The van der Waals surface area contributed by atoms with Crippen molar-refractivity contribution in [2.45, 2.75) is 19.1 Å². The number of thiazole rings is 1. The number of aromatic nitrogens is 1. The maximum atomic E-state index is 10.9. The van der Waals surface area contributed by atoms with Crippen molar-refractivity contribution in [2.75, 3.05) is 0 Å². The molecule has 1 rings (SSSR count). The monoisotopic (exact) mass is 206 g/mol. The second-order valence-corrected chi connectivity index (χ2v) is 5.33. The highest BCUT2D eigenvalue weighted by molar-refractivity contribution is 7.89. The molecule has 1 heterocycles. The van der Waals surface area contributed by atoms with E-state index in [4.69, 9.17) is 5.14 Å². The molecule has 0 aliphatic carbocycles. The summed E-state index contributed by atoms with van der Waals surface area (Å²) in [6.07, 6.45) is 0. The average molecular weight is 206 g/mol. The summed E-state index contributed by atoms with van der Waals surface area (Å²) in [7, 11) is -3.49. The van der Waals surface area contributed by atoms with Gasteiger partial charge in [0, 0.05) is 11.1 Å². The van der Waals surface area contributed by atoms with Gasteiger partial charge in [0.1, 0.15) is 10.3 Å². The van der Waals surface area contributed by atoms with Crippen molar-refractivity contribution >= 4 is 21.4 Å². The maximum Gasteiger partial charge on any atom is 0.218 e. The van der Waals surface area contributed by atoms with Gasteiger partial charge in [-0.2, -0.15) is 0 Å². The molecule has 0 saturated heterocycles. The van der Waals surface area contributed by atoms with Gasteiger partial charge in [-0.15, -0.1) is 11.3 Å². The lowest BCUT2D eigenvalue weighted by Crippen LogP contribution is -2.19. The van der Waals surface area contributed by atoms with E-state index in [1.165, 1.54) is 18.3 Å². The Bertz CT molecular complexity index is 369. The number of nitrogens with two attached hydrogens (primary N) is 1. The van der Waals surface area contributed by atoms with Gasteiger partial charge in [-0.05, 0) is 13.8 Å². The first-order chi connectivity index (χ1) is 5.41. The largest absolute Gasteiger partial charge is 0.245 e. The van der Waals surface area contributed by atoms with E-state index < -0.39 is 15.3 Å². The van der Waals surface area contributed by atoms with E-state index in [2.05, 4.69) is 4.98 Å².